The van der Waals surface area contributed by atoms with Crippen LogP contribution in [0.3, 0.4) is 0 Å². The minimum atomic E-state index is -0.0452. The van der Waals surface area contributed by atoms with E-state index in [2.05, 4.69) is 32.8 Å². The van der Waals surface area contributed by atoms with Crippen molar-refractivity contribution < 1.29 is 9.47 Å². The fourth-order valence-electron chi connectivity index (χ4n) is 2.10. The first kappa shape index (κ1) is 11.0. The largest absolute Gasteiger partial charge is 0.356 e. The van der Waals surface area contributed by atoms with Crippen molar-refractivity contribution in [2.75, 3.05) is 21.2 Å². The molecule has 1 aliphatic heterocycles. The van der Waals surface area contributed by atoms with Crippen molar-refractivity contribution in [2.45, 2.75) is 38.7 Å². The normalized spacial score (nSPS) is 41.1. The van der Waals surface area contributed by atoms with E-state index in [4.69, 9.17) is 9.47 Å². The minimum absolute atomic E-state index is 0.0452. The number of ether oxygens (including phenoxy) is 2. The van der Waals surface area contributed by atoms with Crippen molar-refractivity contribution in [2.24, 2.45) is 5.92 Å². The molecule has 0 bridgehead atoms. The van der Waals surface area contributed by atoms with Crippen LogP contribution in [-0.2, 0) is 9.47 Å². The highest BCUT2D eigenvalue weighted by molar-refractivity contribution is 4.82. The first-order chi connectivity index (χ1) is 6.06. The third-order valence-corrected chi connectivity index (χ3v) is 2.87. The van der Waals surface area contributed by atoms with Crippen LogP contribution >= 0.6 is 0 Å². The summed E-state index contributed by atoms with van der Waals surface area (Å²) in [5.74, 6) is 0.441. The summed E-state index contributed by atoms with van der Waals surface area (Å²) in [4.78, 5) is 2.26. The van der Waals surface area contributed by atoms with Gasteiger partial charge < -0.3 is 14.4 Å². The van der Waals surface area contributed by atoms with Crippen LogP contribution in [-0.4, -0.2) is 44.5 Å². The zero-order chi connectivity index (χ0) is 10.0. The van der Waals surface area contributed by atoms with E-state index >= 15 is 0 Å². The van der Waals surface area contributed by atoms with Gasteiger partial charge in [-0.1, -0.05) is 6.92 Å². The quantitative estimate of drug-likeness (QED) is 0.651. The number of rotatable bonds is 2. The van der Waals surface area contributed by atoms with Crippen LogP contribution in [0.5, 0.6) is 0 Å². The summed E-state index contributed by atoms with van der Waals surface area (Å²) in [6.07, 6.45) is 1.35. The fourth-order valence-corrected chi connectivity index (χ4v) is 2.10. The van der Waals surface area contributed by atoms with Crippen LogP contribution in [0.1, 0.15) is 20.3 Å². The number of hydrogen-bond donors (Lipinski definition) is 0. The highest BCUT2D eigenvalue weighted by Crippen LogP contribution is 2.27. The molecule has 3 heteroatoms. The molecule has 1 unspecified atom stereocenters. The van der Waals surface area contributed by atoms with E-state index < -0.39 is 0 Å². The highest BCUT2D eigenvalue weighted by Gasteiger charge is 2.35. The monoisotopic (exact) mass is 187 g/mol. The van der Waals surface area contributed by atoms with Crippen molar-refractivity contribution >= 4 is 0 Å². The standard InChI is InChI=1S/C10H21NO2/c1-7-6-9(11(3)4)8(2)10(12-5)13-7/h7-10H,6H2,1-5H3/t7?,8-,9+,10-/m1/s1. The summed E-state index contributed by atoms with van der Waals surface area (Å²) in [6, 6.07) is 0.564. The molecule has 0 radical (unpaired) electrons. The van der Waals surface area contributed by atoms with Gasteiger partial charge in [-0.2, -0.15) is 0 Å². The van der Waals surface area contributed by atoms with E-state index in [0.717, 1.165) is 6.42 Å². The Kier molecular flexibility index (Phi) is 3.71. The molecule has 4 atom stereocenters. The Morgan fingerprint density at radius 2 is 1.92 bits per heavy atom. The molecule has 0 aliphatic carbocycles. The Balaban J connectivity index is 2.63. The van der Waals surface area contributed by atoms with Gasteiger partial charge in [-0.15, -0.1) is 0 Å². The van der Waals surface area contributed by atoms with Crippen molar-refractivity contribution in [3.05, 3.63) is 0 Å². The average molecular weight is 187 g/mol. The summed E-state index contributed by atoms with van der Waals surface area (Å²) in [5, 5.41) is 0. The molecule has 0 spiro atoms. The molecule has 0 aromatic carbocycles. The summed E-state index contributed by atoms with van der Waals surface area (Å²) < 4.78 is 11.0. The highest BCUT2D eigenvalue weighted by atomic mass is 16.7. The van der Waals surface area contributed by atoms with E-state index in [0.29, 0.717) is 18.1 Å². The number of hydrogen-bond acceptors (Lipinski definition) is 3. The Morgan fingerprint density at radius 3 is 2.38 bits per heavy atom. The third kappa shape index (κ3) is 2.42. The molecular weight excluding hydrogens is 166 g/mol. The molecule has 0 saturated carbocycles. The van der Waals surface area contributed by atoms with Gasteiger partial charge in [-0.25, -0.2) is 0 Å². The van der Waals surface area contributed by atoms with E-state index in [1.165, 1.54) is 0 Å². The topological polar surface area (TPSA) is 21.7 Å². The van der Waals surface area contributed by atoms with Gasteiger partial charge in [-0.3, -0.25) is 0 Å². The summed E-state index contributed by atoms with van der Waals surface area (Å²) in [5.41, 5.74) is 0. The molecule has 0 amide bonds. The molecule has 1 saturated heterocycles. The molecule has 0 aromatic rings. The van der Waals surface area contributed by atoms with Crippen molar-refractivity contribution in [3.8, 4) is 0 Å². The first-order valence-electron chi connectivity index (χ1n) is 4.91. The Hall–Kier alpha value is -0.120. The predicted molar refractivity (Wildman–Crippen MR) is 52.6 cm³/mol. The van der Waals surface area contributed by atoms with Crippen molar-refractivity contribution in [1.82, 2.24) is 4.90 Å². The second-order valence-corrected chi connectivity index (χ2v) is 4.18. The molecule has 1 heterocycles. The van der Waals surface area contributed by atoms with Crippen LogP contribution in [0.4, 0.5) is 0 Å². The average Bonchev–Trinajstić information content (AvgIpc) is 2.08. The van der Waals surface area contributed by atoms with Crippen LogP contribution in [0.25, 0.3) is 0 Å². The van der Waals surface area contributed by atoms with Gasteiger partial charge in [0, 0.05) is 19.1 Å². The Morgan fingerprint density at radius 1 is 1.31 bits per heavy atom. The lowest BCUT2D eigenvalue weighted by Gasteiger charge is -2.41. The van der Waals surface area contributed by atoms with Crippen LogP contribution in [0, 0.1) is 5.92 Å². The molecule has 1 aliphatic rings. The molecule has 1 fully saturated rings. The lowest BCUT2D eigenvalue weighted by atomic mass is 9.92. The van der Waals surface area contributed by atoms with Gasteiger partial charge in [-0.05, 0) is 27.4 Å². The molecule has 1 rings (SSSR count). The zero-order valence-corrected chi connectivity index (χ0v) is 9.28. The Labute approximate surface area is 81.0 Å². The lowest BCUT2D eigenvalue weighted by Crippen LogP contribution is -2.48. The van der Waals surface area contributed by atoms with Gasteiger partial charge in [0.1, 0.15) is 0 Å². The molecule has 0 N–H and O–H groups in total. The van der Waals surface area contributed by atoms with Crippen molar-refractivity contribution in [1.29, 1.82) is 0 Å². The van der Waals surface area contributed by atoms with E-state index in [9.17, 15) is 0 Å². The molecule has 3 nitrogen and oxygen atoms in total. The minimum Gasteiger partial charge on any atom is -0.356 e. The predicted octanol–water partition coefficient (Wildman–Crippen LogP) is 1.33. The SMILES string of the molecule is CO[C@@H]1OC(C)C[C@H](N(C)C)[C@H]1C. The van der Waals surface area contributed by atoms with Crippen molar-refractivity contribution in [3.63, 3.8) is 0 Å². The maximum atomic E-state index is 5.68. The fraction of sp³-hybridized carbons (Fsp3) is 1.00. The molecular formula is C10H21NO2. The van der Waals surface area contributed by atoms with Gasteiger partial charge in [0.25, 0.3) is 0 Å². The maximum Gasteiger partial charge on any atom is 0.161 e. The third-order valence-electron chi connectivity index (χ3n) is 2.87. The first-order valence-corrected chi connectivity index (χ1v) is 4.91. The maximum absolute atomic E-state index is 5.68. The number of methoxy groups -OCH3 is 1. The Bertz CT molecular complexity index is 161. The van der Waals surface area contributed by atoms with E-state index in [-0.39, 0.29) is 6.29 Å². The van der Waals surface area contributed by atoms with Crippen LogP contribution in [0.2, 0.25) is 0 Å². The second-order valence-electron chi connectivity index (χ2n) is 4.18. The second kappa shape index (κ2) is 4.40. The van der Waals surface area contributed by atoms with Gasteiger partial charge in [0.15, 0.2) is 6.29 Å². The van der Waals surface area contributed by atoms with E-state index in [1.807, 2.05) is 0 Å². The van der Waals surface area contributed by atoms with Crippen LogP contribution in [0.15, 0.2) is 0 Å². The number of nitrogens with zero attached hydrogens (tertiary/aromatic N) is 1. The molecule has 78 valence electrons. The van der Waals surface area contributed by atoms with Crippen LogP contribution < -0.4 is 0 Å². The lowest BCUT2D eigenvalue weighted by molar-refractivity contribution is -0.217. The molecule has 0 aromatic heterocycles. The van der Waals surface area contributed by atoms with Gasteiger partial charge in [0.2, 0.25) is 0 Å². The molecule has 13 heavy (non-hydrogen) atoms. The summed E-state index contributed by atoms with van der Waals surface area (Å²) >= 11 is 0. The van der Waals surface area contributed by atoms with Gasteiger partial charge >= 0.3 is 0 Å². The summed E-state index contributed by atoms with van der Waals surface area (Å²) in [6.45, 7) is 4.29. The smallest absolute Gasteiger partial charge is 0.161 e. The zero-order valence-electron chi connectivity index (χ0n) is 9.28. The van der Waals surface area contributed by atoms with Gasteiger partial charge in [0.05, 0.1) is 6.10 Å². The van der Waals surface area contributed by atoms with E-state index in [1.54, 1.807) is 7.11 Å². The summed E-state index contributed by atoms with van der Waals surface area (Å²) in [7, 11) is 5.95.